The molecule has 0 aromatic heterocycles. The van der Waals surface area contributed by atoms with Crippen molar-refractivity contribution in [2.24, 2.45) is 10.8 Å². The van der Waals surface area contributed by atoms with E-state index in [-0.39, 0.29) is 47.3 Å². The average molecular weight is 380 g/mol. The van der Waals surface area contributed by atoms with Crippen LogP contribution in [0.3, 0.4) is 0 Å². The lowest BCUT2D eigenvalue weighted by atomic mass is 9.87. The highest BCUT2D eigenvalue weighted by atomic mass is 16.5. The fraction of sp³-hybridized carbons (Fsp3) is 0.700. The van der Waals surface area contributed by atoms with Crippen LogP contribution in [0.25, 0.3) is 0 Å². The van der Waals surface area contributed by atoms with E-state index in [1.54, 1.807) is 6.92 Å². The second-order valence-corrected chi connectivity index (χ2v) is 8.39. The number of imide groups is 1. The number of nitrogens with one attached hydrogen (secondary N) is 1. The zero-order valence-corrected chi connectivity index (χ0v) is 17.1. The molecule has 0 aromatic carbocycles. The summed E-state index contributed by atoms with van der Waals surface area (Å²) >= 11 is 0. The summed E-state index contributed by atoms with van der Waals surface area (Å²) in [4.78, 5) is 47.4. The van der Waals surface area contributed by atoms with Crippen LogP contribution >= 0.6 is 0 Å². The molecule has 1 atom stereocenters. The number of hydrogen-bond donors (Lipinski definition) is 1. The first-order valence-electron chi connectivity index (χ1n) is 9.35. The molecule has 0 saturated heterocycles. The van der Waals surface area contributed by atoms with Gasteiger partial charge in [0, 0.05) is 43.5 Å². The van der Waals surface area contributed by atoms with Gasteiger partial charge in [-0.2, -0.15) is 0 Å². The summed E-state index contributed by atoms with van der Waals surface area (Å²) in [6.45, 7) is 11.1. The van der Waals surface area contributed by atoms with Gasteiger partial charge in [0.2, 0.25) is 5.91 Å². The molecule has 1 heterocycles. The Labute approximate surface area is 161 Å². The number of hydrogen-bond acceptors (Lipinski definition) is 5. The third-order valence-electron chi connectivity index (χ3n) is 4.70. The lowest BCUT2D eigenvalue weighted by Gasteiger charge is -2.31. The van der Waals surface area contributed by atoms with Crippen LogP contribution in [0.4, 0.5) is 0 Å². The maximum absolute atomic E-state index is 12.1. The van der Waals surface area contributed by atoms with Crippen LogP contribution in [-0.2, 0) is 23.9 Å². The molecule has 7 heteroatoms. The fourth-order valence-electron chi connectivity index (χ4n) is 2.84. The van der Waals surface area contributed by atoms with Crippen molar-refractivity contribution in [2.75, 3.05) is 26.3 Å². The minimum Gasteiger partial charge on any atom is -0.380 e. The number of Topliss-reactive ketones (excluding diaryl/α,β-unsaturated/α-hetero) is 1. The first-order chi connectivity index (χ1) is 12.5. The van der Waals surface area contributed by atoms with E-state index in [0.717, 1.165) is 11.3 Å². The van der Waals surface area contributed by atoms with Crippen LogP contribution in [0.5, 0.6) is 0 Å². The van der Waals surface area contributed by atoms with Gasteiger partial charge >= 0.3 is 0 Å². The summed E-state index contributed by atoms with van der Waals surface area (Å²) < 4.78 is 5.85. The van der Waals surface area contributed by atoms with E-state index in [4.69, 9.17) is 4.74 Å². The molecule has 152 valence electrons. The normalized spacial score (nSPS) is 16.6. The second kappa shape index (κ2) is 9.78. The van der Waals surface area contributed by atoms with Crippen molar-refractivity contribution in [3.63, 3.8) is 0 Å². The number of rotatable bonds is 12. The van der Waals surface area contributed by atoms with Gasteiger partial charge in [0.25, 0.3) is 11.8 Å². The highest BCUT2D eigenvalue weighted by molar-refractivity contribution is 6.13. The molecule has 1 rings (SSSR count). The predicted octanol–water partition coefficient (Wildman–Crippen LogP) is 1.86. The quantitative estimate of drug-likeness (QED) is 0.522. The number of carbonyl (C=O) groups is 4. The number of nitrogens with zero attached hydrogens (tertiary/aromatic N) is 1. The Morgan fingerprint density at radius 1 is 1.11 bits per heavy atom. The van der Waals surface area contributed by atoms with Crippen molar-refractivity contribution in [3.8, 4) is 0 Å². The summed E-state index contributed by atoms with van der Waals surface area (Å²) in [6.07, 6.45) is 3.77. The molecular weight excluding hydrogens is 348 g/mol. The SMILES string of the molecule is CCC(C)(CNC(=O)CCN1C(=O)C=CC1=O)COCC(C)(C)CC(C)=O. The van der Waals surface area contributed by atoms with E-state index in [9.17, 15) is 19.2 Å². The lowest BCUT2D eigenvalue weighted by Crippen LogP contribution is -2.40. The van der Waals surface area contributed by atoms with E-state index in [2.05, 4.69) is 5.32 Å². The Bertz CT molecular complexity index is 593. The molecule has 0 saturated carbocycles. The Balaban J connectivity index is 2.38. The van der Waals surface area contributed by atoms with E-state index in [0.29, 0.717) is 26.2 Å². The molecular formula is C20H32N2O5. The summed E-state index contributed by atoms with van der Waals surface area (Å²) in [7, 11) is 0. The molecule has 1 N–H and O–H groups in total. The summed E-state index contributed by atoms with van der Waals surface area (Å²) in [5, 5.41) is 2.86. The maximum atomic E-state index is 12.1. The van der Waals surface area contributed by atoms with Gasteiger partial charge in [0.05, 0.1) is 13.2 Å². The van der Waals surface area contributed by atoms with Crippen LogP contribution in [-0.4, -0.2) is 54.7 Å². The number of ether oxygens (including phenoxy) is 1. The zero-order chi connectivity index (χ0) is 20.7. The van der Waals surface area contributed by atoms with E-state index in [1.165, 1.54) is 12.2 Å². The van der Waals surface area contributed by atoms with Gasteiger partial charge in [-0.3, -0.25) is 19.3 Å². The molecule has 0 fully saturated rings. The monoisotopic (exact) mass is 380 g/mol. The smallest absolute Gasteiger partial charge is 0.253 e. The third-order valence-corrected chi connectivity index (χ3v) is 4.70. The van der Waals surface area contributed by atoms with Crippen molar-refractivity contribution in [1.29, 1.82) is 0 Å². The second-order valence-electron chi connectivity index (χ2n) is 8.39. The average Bonchev–Trinajstić information content (AvgIpc) is 2.88. The summed E-state index contributed by atoms with van der Waals surface area (Å²) in [6, 6.07) is 0. The summed E-state index contributed by atoms with van der Waals surface area (Å²) in [5.41, 5.74) is -0.449. The van der Waals surface area contributed by atoms with Crippen LogP contribution in [0, 0.1) is 10.8 Å². The molecule has 3 amide bonds. The molecule has 1 unspecified atom stereocenters. The minimum absolute atomic E-state index is 0.0749. The molecule has 0 aliphatic carbocycles. The van der Waals surface area contributed by atoms with Gasteiger partial charge in [0.1, 0.15) is 5.78 Å². The minimum atomic E-state index is -0.382. The van der Waals surface area contributed by atoms with Crippen molar-refractivity contribution >= 4 is 23.5 Å². The molecule has 1 aliphatic heterocycles. The Morgan fingerprint density at radius 2 is 1.70 bits per heavy atom. The first kappa shape index (κ1) is 23.0. The molecule has 1 aliphatic rings. The molecule has 7 nitrogen and oxygen atoms in total. The van der Waals surface area contributed by atoms with Crippen molar-refractivity contribution in [1.82, 2.24) is 10.2 Å². The number of ketones is 1. The standard InChI is InChI=1S/C20H32N2O5/c1-6-20(5,14-27-13-19(3,4)11-15(2)23)12-21-16(24)9-10-22-17(25)7-8-18(22)26/h7-8H,6,9-14H2,1-5H3,(H,21,24). The third kappa shape index (κ3) is 8.03. The number of amides is 3. The van der Waals surface area contributed by atoms with Crippen LogP contribution in [0.2, 0.25) is 0 Å². The van der Waals surface area contributed by atoms with Gasteiger partial charge < -0.3 is 14.8 Å². The Morgan fingerprint density at radius 3 is 2.22 bits per heavy atom. The van der Waals surface area contributed by atoms with E-state index >= 15 is 0 Å². The van der Waals surface area contributed by atoms with Gasteiger partial charge in [-0.15, -0.1) is 0 Å². The van der Waals surface area contributed by atoms with Crippen molar-refractivity contribution < 1.29 is 23.9 Å². The molecule has 0 aromatic rings. The largest absolute Gasteiger partial charge is 0.380 e. The first-order valence-corrected chi connectivity index (χ1v) is 9.35. The van der Waals surface area contributed by atoms with Gasteiger partial charge in [-0.1, -0.05) is 27.7 Å². The van der Waals surface area contributed by atoms with Crippen molar-refractivity contribution in [3.05, 3.63) is 12.2 Å². The topological polar surface area (TPSA) is 92.8 Å². The molecule has 27 heavy (non-hydrogen) atoms. The molecule has 0 spiro atoms. The Hall–Kier alpha value is -2.02. The van der Waals surface area contributed by atoms with Crippen LogP contribution in [0.1, 0.15) is 53.9 Å². The van der Waals surface area contributed by atoms with E-state index < -0.39 is 0 Å². The number of carbonyl (C=O) groups excluding carboxylic acids is 4. The highest BCUT2D eigenvalue weighted by Crippen LogP contribution is 2.25. The maximum Gasteiger partial charge on any atom is 0.253 e. The Kier molecular flexibility index (Phi) is 8.34. The van der Waals surface area contributed by atoms with Gasteiger partial charge in [0.15, 0.2) is 0 Å². The van der Waals surface area contributed by atoms with Crippen LogP contribution in [0.15, 0.2) is 12.2 Å². The van der Waals surface area contributed by atoms with Gasteiger partial charge in [-0.05, 0) is 18.8 Å². The van der Waals surface area contributed by atoms with Gasteiger partial charge in [-0.25, -0.2) is 0 Å². The zero-order valence-electron chi connectivity index (χ0n) is 17.1. The predicted molar refractivity (Wildman–Crippen MR) is 102 cm³/mol. The van der Waals surface area contributed by atoms with E-state index in [1.807, 2.05) is 27.7 Å². The van der Waals surface area contributed by atoms with Crippen molar-refractivity contribution in [2.45, 2.75) is 53.9 Å². The highest BCUT2D eigenvalue weighted by Gasteiger charge is 2.27. The lowest BCUT2D eigenvalue weighted by molar-refractivity contribution is -0.137. The fourth-order valence-corrected chi connectivity index (χ4v) is 2.84. The van der Waals surface area contributed by atoms with Crippen LogP contribution < -0.4 is 5.32 Å². The molecule has 0 bridgehead atoms. The summed E-state index contributed by atoms with van der Waals surface area (Å²) in [5.74, 6) is -0.834. The molecule has 0 radical (unpaired) electrons.